The summed E-state index contributed by atoms with van der Waals surface area (Å²) in [6, 6.07) is 7.49. The van der Waals surface area contributed by atoms with Gasteiger partial charge in [-0.1, -0.05) is 41.4 Å². The molecule has 0 aromatic heterocycles. The van der Waals surface area contributed by atoms with E-state index in [-0.39, 0.29) is 12.8 Å². The van der Waals surface area contributed by atoms with Crippen LogP contribution in [0, 0.1) is 0 Å². The second-order valence-electron chi connectivity index (χ2n) is 4.66. The molecule has 0 unspecified atom stereocenters. The lowest BCUT2D eigenvalue weighted by Gasteiger charge is -2.10. The molecule has 0 atom stereocenters. The largest absolute Gasteiger partial charge is 0.550 e. The molecule has 0 aliphatic carbocycles. The highest BCUT2D eigenvalue weighted by atomic mass is 79.9. The maximum absolute atomic E-state index is 10.7. The predicted molar refractivity (Wildman–Crippen MR) is 93.6 cm³/mol. The van der Waals surface area contributed by atoms with Crippen LogP contribution >= 0.6 is 28.1 Å². The van der Waals surface area contributed by atoms with Crippen LogP contribution in [0.3, 0.4) is 0 Å². The van der Waals surface area contributed by atoms with Crippen LogP contribution in [0.1, 0.15) is 38.2 Å². The molecule has 1 aromatic carbocycles. The van der Waals surface area contributed by atoms with E-state index in [2.05, 4.69) is 38.7 Å². The molecule has 0 amide bonds. The Kier molecular flexibility index (Phi) is 8.69. The average Bonchev–Trinajstić information content (AvgIpc) is 2.48. The highest BCUT2D eigenvalue weighted by Crippen LogP contribution is 2.13. The Bertz CT molecular complexity index is 532. The van der Waals surface area contributed by atoms with Gasteiger partial charge >= 0.3 is 0 Å². The van der Waals surface area contributed by atoms with E-state index >= 15 is 0 Å². The van der Waals surface area contributed by atoms with Crippen molar-refractivity contribution < 1.29 is 9.90 Å². The lowest BCUT2D eigenvalue weighted by atomic mass is 10.1. The zero-order valence-electron chi connectivity index (χ0n) is 12.4. The van der Waals surface area contributed by atoms with Crippen LogP contribution < -0.4 is 15.8 Å². The molecule has 0 radical (unpaired) electrons. The van der Waals surface area contributed by atoms with Gasteiger partial charge in [0.25, 0.3) is 0 Å². The van der Waals surface area contributed by atoms with E-state index in [4.69, 9.17) is 12.2 Å². The SMILES string of the molecule is CCCCNC(=S)N/N=C(/CCC(=O)[O-])c1ccc(Br)cc1. The Balaban J connectivity index is 2.72. The van der Waals surface area contributed by atoms with E-state index in [1.807, 2.05) is 24.3 Å². The van der Waals surface area contributed by atoms with Crippen molar-refractivity contribution in [3.05, 3.63) is 34.3 Å². The Morgan fingerprint density at radius 2 is 2.00 bits per heavy atom. The molecule has 1 rings (SSSR count). The van der Waals surface area contributed by atoms with Crippen molar-refractivity contribution in [1.29, 1.82) is 0 Å². The molecule has 0 spiro atoms. The van der Waals surface area contributed by atoms with E-state index in [0.717, 1.165) is 29.4 Å². The zero-order valence-corrected chi connectivity index (χ0v) is 14.8. The van der Waals surface area contributed by atoms with Crippen molar-refractivity contribution in [2.45, 2.75) is 32.6 Å². The molecule has 0 heterocycles. The van der Waals surface area contributed by atoms with Crippen LogP contribution in [-0.4, -0.2) is 23.3 Å². The number of hydrogen-bond donors (Lipinski definition) is 2. The van der Waals surface area contributed by atoms with Gasteiger partial charge in [-0.05, 0) is 49.2 Å². The van der Waals surface area contributed by atoms with E-state index in [1.54, 1.807) is 0 Å². The van der Waals surface area contributed by atoms with E-state index in [0.29, 0.717) is 10.8 Å². The molecule has 120 valence electrons. The third-order valence-electron chi connectivity index (χ3n) is 2.85. The summed E-state index contributed by atoms with van der Waals surface area (Å²) in [4.78, 5) is 10.7. The first-order chi connectivity index (χ1) is 10.5. The maximum atomic E-state index is 10.7. The minimum Gasteiger partial charge on any atom is -0.550 e. The van der Waals surface area contributed by atoms with Gasteiger partial charge < -0.3 is 15.2 Å². The number of carboxylic acid groups (broad SMARTS) is 1. The maximum Gasteiger partial charge on any atom is 0.186 e. The number of halogens is 1. The molecule has 7 heteroatoms. The number of unbranched alkanes of at least 4 members (excludes halogenated alkanes) is 1. The first-order valence-electron chi connectivity index (χ1n) is 7.09. The number of carboxylic acids is 1. The molecule has 0 aliphatic rings. The Labute approximate surface area is 144 Å². The molecular weight excluding hydrogens is 366 g/mol. The summed E-state index contributed by atoms with van der Waals surface area (Å²) < 4.78 is 0.945. The Morgan fingerprint density at radius 1 is 1.32 bits per heavy atom. The van der Waals surface area contributed by atoms with Gasteiger partial charge in [0.2, 0.25) is 0 Å². The van der Waals surface area contributed by atoms with Crippen LogP contribution in [0.4, 0.5) is 0 Å². The minimum absolute atomic E-state index is 0.0907. The van der Waals surface area contributed by atoms with Crippen LogP contribution in [0.25, 0.3) is 0 Å². The first kappa shape index (κ1) is 18.6. The minimum atomic E-state index is -1.10. The molecule has 0 saturated carbocycles. The highest BCUT2D eigenvalue weighted by Gasteiger charge is 2.05. The summed E-state index contributed by atoms with van der Waals surface area (Å²) in [5.74, 6) is -1.10. The fraction of sp³-hybridized carbons (Fsp3) is 0.400. The van der Waals surface area contributed by atoms with Crippen molar-refractivity contribution in [1.82, 2.24) is 10.7 Å². The van der Waals surface area contributed by atoms with Gasteiger partial charge in [0, 0.05) is 17.0 Å². The van der Waals surface area contributed by atoms with Gasteiger partial charge in [-0.25, -0.2) is 0 Å². The molecule has 0 saturated heterocycles. The second-order valence-corrected chi connectivity index (χ2v) is 5.98. The molecule has 0 fully saturated rings. The van der Waals surface area contributed by atoms with Gasteiger partial charge in [0.1, 0.15) is 0 Å². The van der Waals surface area contributed by atoms with Crippen LogP contribution in [0.2, 0.25) is 0 Å². The van der Waals surface area contributed by atoms with Gasteiger partial charge in [0.05, 0.1) is 5.71 Å². The van der Waals surface area contributed by atoms with Crippen LogP contribution in [0.5, 0.6) is 0 Å². The summed E-state index contributed by atoms with van der Waals surface area (Å²) in [6.45, 7) is 2.88. The van der Waals surface area contributed by atoms with Crippen molar-refractivity contribution >= 4 is 44.9 Å². The molecular formula is C15H19BrN3O2S-. The van der Waals surface area contributed by atoms with E-state index < -0.39 is 5.97 Å². The summed E-state index contributed by atoms with van der Waals surface area (Å²) in [7, 11) is 0. The number of nitrogens with one attached hydrogen (secondary N) is 2. The van der Waals surface area contributed by atoms with Gasteiger partial charge in [0.15, 0.2) is 5.11 Å². The summed E-state index contributed by atoms with van der Waals surface area (Å²) in [6.07, 6.45) is 2.28. The summed E-state index contributed by atoms with van der Waals surface area (Å²) in [5, 5.41) is 18.4. The lowest BCUT2D eigenvalue weighted by molar-refractivity contribution is -0.305. The Morgan fingerprint density at radius 3 is 2.59 bits per heavy atom. The third kappa shape index (κ3) is 7.51. The van der Waals surface area contributed by atoms with Crippen molar-refractivity contribution in [3.63, 3.8) is 0 Å². The molecule has 0 aliphatic heterocycles. The van der Waals surface area contributed by atoms with E-state index in [1.165, 1.54) is 0 Å². The predicted octanol–water partition coefficient (Wildman–Crippen LogP) is 1.95. The normalized spacial score (nSPS) is 11.1. The zero-order chi connectivity index (χ0) is 16.4. The summed E-state index contributed by atoms with van der Waals surface area (Å²) >= 11 is 8.49. The molecule has 22 heavy (non-hydrogen) atoms. The number of aliphatic carboxylic acids is 1. The summed E-state index contributed by atoms with van der Waals surface area (Å²) in [5.41, 5.74) is 4.22. The van der Waals surface area contributed by atoms with Crippen molar-refractivity contribution in [2.75, 3.05) is 6.54 Å². The van der Waals surface area contributed by atoms with Gasteiger partial charge in [-0.15, -0.1) is 0 Å². The van der Waals surface area contributed by atoms with Crippen molar-refractivity contribution in [3.8, 4) is 0 Å². The fourth-order valence-electron chi connectivity index (χ4n) is 1.66. The molecule has 5 nitrogen and oxygen atoms in total. The topological polar surface area (TPSA) is 76.5 Å². The first-order valence-corrected chi connectivity index (χ1v) is 8.29. The highest BCUT2D eigenvalue weighted by molar-refractivity contribution is 9.10. The smallest absolute Gasteiger partial charge is 0.186 e. The molecule has 1 aromatic rings. The number of thiocarbonyl (C=S) groups is 1. The fourth-order valence-corrected chi connectivity index (χ4v) is 2.08. The Hall–Kier alpha value is -1.47. The number of hydrogen-bond acceptors (Lipinski definition) is 4. The van der Waals surface area contributed by atoms with Crippen LogP contribution in [-0.2, 0) is 4.79 Å². The number of nitrogens with zero attached hydrogens (tertiary/aromatic N) is 1. The quantitative estimate of drug-likeness (QED) is 0.310. The van der Waals surface area contributed by atoms with Crippen LogP contribution in [0.15, 0.2) is 33.8 Å². The van der Waals surface area contributed by atoms with Gasteiger partial charge in [-0.3, -0.25) is 5.43 Å². The monoisotopic (exact) mass is 384 g/mol. The number of benzene rings is 1. The number of hydrazone groups is 1. The second kappa shape index (κ2) is 10.3. The number of carbonyl (C=O) groups excluding carboxylic acids is 1. The average molecular weight is 385 g/mol. The molecule has 2 N–H and O–H groups in total. The van der Waals surface area contributed by atoms with E-state index in [9.17, 15) is 9.90 Å². The molecule has 0 bridgehead atoms. The van der Waals surface area contributed by atoms with Gasteiger partial charge in [-0.2, -0.15) is 5.10 Å². The van der Waals surface area contributed by atoms with Crippen molar-refractivity contribution in [2.24, 2.45) is 5.10 Å². The standard InChI is InChI=1S/C15H20BrN3O2S/c1-2-3-10-17-15(22)19-18-13(8-9-14(20)21)11-4-6-12(16)7-5-11/h4-7H,2-3,8-10H2,1H3,(H,20,21)(H2,17,19,22)/p-1/b18-13-. The lowest BCUT2D eigenvalue weighted by Crippen LogP contribution is -2.33. The number of carbonyl (C=O) groups is 1. The number of rotatable bonds is 8. The third-order valence-corrected chi connectivity index (χ3v) is 3.62.